The second-order valence-electron chi connectivity index (χ2n) is 10.0. The number of rotatable bonds is 13. The van der Waals surface area contributed by atoms with Crippen LogP contribution in [0.15, 0.2) is 66.7 Å². The molecule has 0 saturated carbocycles. The average Bonchev–Trinajstić information content (AvgIpc) is 2.93. The topological polar surface area (TPSA) is 98.7 Å². The smallest absolute Gasteiger partial charge is 0.257 e. The molecule has 7 nitrogen and oxygen atoms in total. The first kappa shape index (κ1) is 32.7. The zero-order chi connectivity index (χ0) is 30.8. The van der Waals surface area contributed by atoms with Gasteiger partial charge in [-0.15, -0.1) is 11.8 Å². The maximum Gasteiger partial charge on any atom is 0.257 e. The molecule has 0 spiro atoms. The highest BCUT2D eigenvalue weighted by Crippen LogP contribution is 2.18. The Labute approximate surface area is 247 Å². The van der Waals surface area contributed by atoms with Crippen LogP contribution in [0.4, 0.5) is 13.2 Å². The van der Waals surface area contributed by atoms with Crippen LogP contribution in [-0.4, -0.2) is 57.5 Å². The second-order valence-corrected chi connectivity index (χ2v) is 11.6. The highest BCUT2D eigenvalue weighted by atomic mass is 32.2. The zero-order valence-electron chi connectivity index (χ0n) is 23.6. The Morgan fingerprint density at radius 3 is 2.19 bits per heavy atom. The molecule has 224 valence electrons. The Hall–Kier alpha value is -3.83. The fourth-order valence-corrected chi connectivity index (χ4v) is 4.82. The molecule has 2 atom stereocenters. The number of hydrogen-bond acceptors (Lipinski definition) is 5. The van der Waals surface area contributed by atoms with Gasteiger partial charge in [-0.2, -0.15) is 0 Å². The molecular weight excluding hydrogens is 567 g/mol. The molecule has 0 heterocycles. The molecule has 0 aromatic heterocycles. The lowest BCUT2D eigenvalue weighted by molar-refractivity contribution is -0.143. The lowest BCUT2D eigenvalue weighted by atomic mass is 9.99. The maximum atomic E-state index is 14.3. The first-order valence-electron chi connectivity index (χ1n) is 13.3. The predicted molar refractivity (Wildman–Crippen MR) is 156 cm³/mol. The molecule has 0 fully saturated rings. The van der Waals surface area contributed by atoms with E-state index in [1.807, 2.05) is 45.0 Å². The number of carbonyl (C=O) groups is 3. The van der Waals surface area contributed by atoms with Crippen LogP contribution < -0.4 is 10.6 Å². The lowest BCUT2D eigenvalue weighted by Gasteiger charge is -2.30. The third kappa shape index (κ3) is 9.35. The number of benzene rings is 3. The van der Waals surface area contributed by atoms with E-state index in [1.165, 1.54) is 16.7 Å². The first-order valence-corrected chi connectivity index (χ1v) is 14.4. The van der Waals surface area contributed by atoms with E-state index < -0.39 is 52.9 Å². The van der Waals surface area contributed by atoms with Crippen molar-refractivity contribution in [1.29, 1.82) is 0 Å². The monoisotopic (exact) mass is 601 g/mol. The van der Waals surface area contributed by atoms with Crippen LogP contribution in [0.25, 0.3) is 0 Å². The SMILES string of the molecule is Cc1ccccc1CNC(=O)CN(CSC(C)C)C(=O)[C@@H](O)[C@H](Cc1ccccc1)NC(=O)c1c(F)cc(F)cc1F. The van der Waals surface area contributed by atoms with E-state index in [0.29, 0.717) is 17.7 Å². The summed E-state index contributed by atoms with van der Waals surface area (Å²) >= 11 is 1.37. The lowest BCUT2D eigenvalue weighted by Crippen LogP contribution is -2.54. The van der Waals surface area contributed by atoms with Crippen LogP contribution >= 0.6 is 11.8 Å². The number of aliphatic hydroxyl groups is 1. The molecule has 3 rings (SSSR count). The molecular formula is C31H34F3N3O4S. The molecule has 0 aliphatic carbocycles. The van der Waals surface area contributed by atoms with Gasteiger partial charge in [0, 0.05) is 23.9 Å². The summed E-state index contributed by atoms with van der Waals surface area (Å²) in [4.78, 5) is 40.5. The van der Waals surface area contributed by atoms with E-state index in [4.69, 9.17) is 0 Å². The van der Waals surface area contributed by atoms with E-state index in [-0.39, 0.29) is 30.6 Å². The number of halogens is 3. The quantitative estimate of drug-likeness (QED) is 0.253. The summed E-state index contributed by atoms with van der Waals surface area (Å²) in [5.74, 6) is -6.56. The van der Waals surface area contributed by atoms with Crippen LogP contribution in [0.1, 0.15) is 40.9 Å². The summed E-state index contributed by atoms with van der Waals surface area (Å²) in [7, 11) is 0. The van der Waals surface area contributed by atoms with Gasteiger partial charge in [-0.1, -0.05) is 68.4 Å². The molecule has 0 saturated heterocycles. The third-order valence-corrected chi connectivity index (χ3v) is 7.56. The van der Waals surface area contributed by atoms with Crippen LogP contribution in [0.3, 0.4) is 0 Å². The van der Waals surface area contributed by atoms with Crippen molar-refractivity contribution in [1.82, 2.24) is 15.5 Å². The summed E-state index contributed by atoms with van der Waals surface area (Å²) in [6, 6.07) is 15.5. The van der Waals surface area contributed by atoms with Gasteiger partial charge in [0.2, 0.25) is 5.91 Å². The van der Waals surface area contributed by atoms with E-state index >= 15 is 0 Å². The summed E-state index contributed by atoms with van der Waals surface area (Å²) in [5.41, 5.74) is 1.47. The molecule has 3 N–H and O–H groups in total. The van der Waals surface area contributed by atoms with Gasteiger partial charge in [-0.25, -0.2) is 13.2 Å². The van der Waals surface area contributed by atoms with Gasteiger partial charge in [0.15, 0.2) is 6.10 Å². The first-order chi connectivity index (χ1) is 20.0. The zero-order valence-corrected chi connectivity index (χ0v) is 24.4. The molecule has 3 aromatic carbocycles. The highest BCUT2D eigenvalue weighted by Gasteiger charge is 2.33. The van der Waals surface area contributed by atoms with Gasteiger partial charge in [-0.05, 0) is 30.0 Å². The molecule has 0 bridgehead atoms. The fourth-order valence-electron chi connectivity index (χ4n) is 4.13. The average molecular weight is 602 g/mol. The van der Waals surface area contributed by atoms with E-state index in [1.54, 1.807) is 30.3 Å². The van der Waals surface area contributed by atoms with Gasteiger partial charge < -0.3 is 20.6 Å². The summed E-state index contributed by atoms with van der Waals surface area (Å²) in [5, 5.41) is 16.4. The van der Waals surface area contributed by atoms with Crippen molar-refractivity contribution in [2.75, 3.05) is 12.4 Å². The van der Waals surface area contributed by atoms with Crippen molar-refractivity contribution in [2.24, 2.45) is 0 Å². The van der Waals surface area contributed by atoms with Crippen molar-refractivity contribution in [3.8, 4) is 0 Å². The number of carbonyl (C=O) groups excluding carboxylic acids is 3. The molecule has 0 aliphatic rings. The molecule has 0 aliphatic heterocycles. The number of aryl methyl sites for hydroxylation is 1. The molecule has 3 amide bonds. The Balaban J connectivity index is 1.82. The normalized spacial score (nSPS) is 12.5. The minimum Gasteiger partial charge on any atom is -0.381 e. The number of amides is 3. The largest absolute Gasteiger partial charge is 0.381 e. The molecule has 42 heavy (non-hydrogen) atoms. The van der Waals surface area contributed by atoms with Crippen molar-refractivity contribution >= 4 is 29.5 Å². The van der Waals surface area contributed by atoms with E-state index in [2.05, 4.69) is 10.6 Å². The van der Waals surface area contributed by atoms with Crippen molar-refractivity contribution in [2.45, 2.75) is 51.1 Å². The van der Waals surface area contributed by atoms with Crippen LogP contribution in [0.2, 0.25) is 0 Å². The number of aliphatic hydroxyl groups excluding tert-OH is 1. The predicted octanol–water partition coefficient (Wildman–Crippen LogP) is 4.36. The number of thioether (sulfide) groups is 1. The number of nitrogens with zero attached hydrogens (tertiary/aromatic N) is 1. The van der Waals surface area contributed by atoms with Gasteiger partial charge in [0.05, 0.1) is 11.9 Å². The van der Waals surface area contributed by atoms with Gasteiger partial charge in [0.1, 0.15) is 29.6 Å². The summed E-state index contributed by atoms with van der Waals surface area (Å²) in [6.07, 6.45) is -1.95. The highest BCUT2D eigenvalue weighted by molar-refractivity contribution is 7.99. The summed E-state index contributed by atoms with van der Waals surface area (Å²) in [6.45, 7) is 5.61. The number of hydrogen-bond donors (Lipinski definition) is 3. The third-order valence-electron chi connectivity index (χ3n) is 6.43. The second kappa shape index (κ2) is 15.4. The fraction of sp³-hybridized carbons (Fsp3) is 0.323. The van der Waals surface area contributed by atoms with Crippen LogP contribution in [0.5, 0.6) is 0 Å². The van der Waals surface area contributed by atoms with Gasteiger partial charge in [-0.3, -0.25) is 14.4 Å². The Kier molecular flexibility index (Phi) is 12.0. The molecule has 0 unspecified atom stereocenters. The Bertz CT molecular complexity index is 1370. The van der Waals surface area contributed by atoms with Crippen molar-refractivity contribution < 1.29 is 32.7 Å². The van der Waals surface area contributed by atoms with Crippen molar-refractivity contribution in [3.05, 3.63) is 106 Å². The molecule has 3 aromatic rings. The molecule has 0 radical (unpaired) electrons. The number of nitrogens with one attached hydrogen (secondary N) is 2. The maximum absolute atomic E-state index is 14.3. The standard InChI is InChI=1S/C31H34F3N3O4S/c1-19(2)42-18-37(17-27(38)35-16-22-12-8-7-9-20(22)3)31(41)29(39)26(13-21-10-5-4-6-11-21)36-30(40)28-24(33)14-23(32)15-25(28)34/h4-12,14-15,19,26,29,39H,13,16-18H2,1-3H3,(H,35,38)(H,36,40)/t26-,29-/m0/s1. The van der Waals surface area contributed by atoms with Crippen molar-refractivity contribution in [3.63, 3.8) is 0 Å². The Morgan fingerprint density at radius 2 is 1.57 bits per heavy atom. The van der Waals surface area contributed by atoms with Gasteiger partial charge in [0.25, 0.3) is 11.8 Å². The molecule has 11 heteroatoms. The minimum absolute atomic E-state index is 0.0680. The van der Waals surface area contributed by atoms with E-state index in [0.717, 1.165) is 11.1 Å². The van der Waals surface area contributed by atoms with Crippen LogP contribution in [-0.2, 0) is 22.6 Å². The summed E-state index contributed by atoms with van der Waals surface area (Å²) < 4.78 is 42.1. The van der Waals surface area contributed by atoms with Crippen LogP contribution in [0, 0.1) is 24.4 Å². The van der Waals surface area contributed by atoms with E-state index in [9.17, 15) is 32.7 Å². The minimum atomic E-state index is -1.88. The van der Waals surface area contributed by atoms with Gasteiger partial charge >= 0.3 is 0 Å². The Morgan fingerprint density at radius 1 is 0.952 bits per heavy atom.